The monoisotopic (exact) mass is 356 g/mol. The Balaban J connectivity index is 2.14. The third-order valence-electron chi connectivity index (χ3n) is 3.30. The number of halogens is 1. The zero-order chi connectivity index (χ0) is 15.5. The maximum absolute atomic E-state index is 12.5. The van der Waals surface area contributed by atoms with E-state index < -0.39 is 0 Å². The van der Waals surface area contributed by atoms with Crippen LogP contribution in [-0.2, 0) is 0 Å². The summed E-state index contributed by atoms with van der Waals surface area (Å²) in [6.07, 6.45) is 3.68. The molecule has 1 heterocycles. The van der Waals surface area contributed by atoms with Crippen molar-refractivity contribution in [3.63, 3.8) is 0 Å². The van der Waals surface area contributed by atoms with Gasteiger partial charge in [0.25, 0.3) is 0 Å². The molecule has 0 spiro atoms. The number of rotatable bonds is 3. The van der Waals surface area contributed by atoms with E-state index in [1.54, 1.807) is 24.3 Å². The highest BCUT2D eigenvalue weighted by Crippen LogP contribution is 2.27. The highest BCUT2D eigenvalue weighted by Gasteiger charge is 2.13. The molecule has 2 aromatic carbocycles. The predicted molar refractivity (Wildman–Crippen MR) is 92.1 cm³/mol. The van der Waals surface area contributed by atoms with Crippen LogP contribution in [0.25, 0.3) is 23.1 Å². The van der Waals surface area contributed by atoms with E-state index in [0.29, 0.717) is 27.0 Å². The van der Waals surface area contributed by atoms with Gasteiger partial charge in [0.2, 0.25) is 5.43 Å². The lowest BCUT2D eigenvalue weighted by atomic mass is 10.1. The summed E-state index contributed by atoms with van der Waals surface area (Å²) in [6.45, 7) is 0. The molecule has 1 aromatic heterocycles. The van der Waals surface area contributed by atoms with Crippen LogP contribution < -0.4 is 10.2 Å². The van der Waals surface area contributed by atoms with Crippen LogP contribution in [-0.4, -0.2) is 7.11 Å². The third-order valence-corrected chi connectivity index (χ3v) is 4.05. The topological polar surface area (TPSA) is 39.4 Å². The molecular formula is C18H13BrO3. The molecule has 0 bridgehead atoms. The molecule has 3 nitrogen and oxygen atoms in total. The van der Waals surface area contributed by atoms with Gasteiger partial charge in [-0.2, -0.15) is 0 Å². The number of methoxy groups -OCH3 is 1. The molecule has 0 aliphatic heterocycles. The van der Waals surface area contributed by atoms with Crippen molar-refractivity contribution in [3.05, 3.63) is 74.6 Å². The summed E-state index contributed by atoms with van der Waals surface area (Å²) in [4.78, 5) is 12.5. The Morgan fingerprint density at radius 2 is 1.82 bits per heavy atom. The van der Waals surface area contributed by atoms with Crippen molar-refractivity contribution in [3.8, 4) is 5.75 Å². The lowest BCUT2D eigenvalue weighted by Crippen LogP contribution is -2.05. The first-order chi connectivity index (χ1) is 10.7. The Kier molecular flexibility index (Phi) is 4.11. The number of ether oxygens (including phenoxy) is 1. The molecule has 0 radical (unpaired) electrons. The van der Waals surface area contributed by atoms with Gasteiger partial charge in [0.1, 0.15) is 27.0 Å². The highest BCUT2D eigenvalue weighted by atomic mass is 79.9. The summed E-state index contributed by atoms with van der Waals surface area (Å²) in [5.74, 6) is 0.986. The van der Waals surface area contributed by atoms with Gasteiger partial charge in [-0.25, -0.2) is 0 Å². The van der Waals surface area contributed by atoms with Crippen molar-refractivity contribution < 1.29 is 9.15 Å². The van der Waals surface area contributed by atoms with Crippen LogP contribution in [0.3, 0.4) is 0 Å². The van der Waals surface area contributed by atoms with Gasteiger partial charge in [-0.05, 0) is 39.7 Å². The van der Waals surface area contributed by atoms with Gasteiger partial charge in [-0.3, -0.25) is 4.79 Å². The normalized spacial score (nSPS) is 11.2. The van der Waals surface area contributed by atoms with Gasteiger partial charge in [-0.15, -0.1) is 0 Å². The van der Waals surface area contributed by atoms with E-state index in [0.717, 1.165) is 5.56 Å². The Hall–Kier alpha value is -2.33. The molecule has 0 amide bonds. The van der Waals surface area contributed by atoms with Crippen LogP contribution in [0.5, 0.6) is 5.75 Å². The van der Waals surface area contributed by atoms with Gasteiger partial charge in [0, 0.05) is 0 Å². The maximum atomic E-state index is 12.5. The molecule has 0 fully saturated rings. The number of hydrogen-bond acceptors (Lipinski definition) is 3. The first-order valence-electron chi connectivity index (χ1n) is 6.73. The number of fused-ring (bicyclic) bond motifs is 1. The maximum Gasteiger partial charge on any atom is 0.211 e. The average molecular weight is 357 g/mol. The standard InChI is InChI=1S/C18H13BrO3/c1-21-13-8-5-9-14-16(13)18(20)17(19)15(22-14)11-10-12-6-3-2-4-7-12/h2-11H,1H3/b11-10+. The highest BCUT2D eigenvalue weighted by molar-refractivity contribution is 9.10. The fraction of sp³-hybridized carbons (Fsp3) is 0.0556. The second kappa shape index (κ2) is 6.20. The van der Waals surface area contributed by atoms with E-state index in [1.807, 2.05) is 36.4 Å². The first-order valence-corrected chi connectivity index (χ1v) is 7.52. The summed E-state index contributed by atoms with van der Waals surface area (Å²) in [5, 5.41) is 0.439. The van der Waals surface area contributed by atoms with E-state index >= 15 is 0 Å². The molecule has 0 aliphatic carbocycles. The summed E-state index contributed by atoms with van der Waals surface area (Å²) in [5.41, 5.74) is 1.38. The molecule has 0 saturated carbocycles. The zero-order valence-electron chi connectivity index (χ0n) is 11.9. The first kappa shape index (κ1) is 14.6. The van der Waals surface area contributed by atoms with Gasteiger partial charge >= 0.3 is 0 Å². The van der Waals surface area contributed by atoms with Crippen LogP contribution in [0.2, 0.25) is 0 Å². The third kappa shape index (κ3) is 2.70. The molecule has 0 aliphatic rings. The predicted octanol–water partition coefficient (Wildman–Crippen LogP) is 4.73. The van der Waals surface area contributed by atoms with Crippen LogP contribution in [0.15, 0.2) is 62.2 Å². The minimum atomic E-state index is -0.147. The minimum absolute atomic E-state index is 0.147. The van der Waals surface area contributed by atoms with Crippen LogP contribution in [0.4, 0.5) is 0 Å². The molecule has 110 valence electrons. The Bertz CT molecular complexity index is 895. The van der Waals surface area contributed by atoms with Gasteiger partial charge in [0.05, 0.1) is 7.11 Å². The second-order valence-corrected chi connectivity index (χ2v) is 5.48. The summed E-state index contributed by atoms with van der Waals surface area (Å²) >= 11 is 3.33. The van der Waals surface area contributed by atoms with Crippen molar-refractivity contribution in [2.75, 3.05) is 7.11 Å². The Morgan fingerprint density at radius 1 is 1.05 bits per heavy atom. The number of benzene rings is 2. The Labute approximate surface area is 136 Å². The quantitative estimate of drug-likeness (QED) is 0.680. The fourth-order valence-corrected chi connectivity index (χ4v) is 2.63. The molecule has 3 rings (SSSR count). The van der Waals surface area contributed by atoms with Crippen molar-refractivity contribution >= 4 is 39.1 Å². The van der Waals surface area contributed by atoms with E-state index in [4.69, 9.17) is 9.15 Å². The molecule has 3 aromatic rings. The summed E-state index contributed by atoms with van der Waals surface area (Å²) in [6, 6.07) is 15.1. The van der Waals surface area contributed by atoms with E-state index in [9.17, 15) is 4.79 Å². The summed E-state index contributed by atoms with van der Waals surface area (Å²) in [7, 11) is 1.53. The largest absolute Gasteiger partial charge is 0.496 e. The zero-order valence-corrected chi connectivity index (χ0v) is 13.5. The summed E-state index contributed by atoms with van der Waals surface area (Å²) < 4.78 is 11.4. The van der Waals surface area contributed by atoms with Crippen LogP contribution in [0, 0.1) is 0 Å². The molecular weight excluding hydrogens is 344 g/mol. The van der Waals surface area contributed by atoms with E-state index in [-0.39, 0.29) is 5.43 Å². The smallest absolute Gasteiger partial charge is 0.211 e. The SMILES string of the molecule is COc1cccc2oc(/C=C/c3ccccc3)c(Br)c(=O)c12. The molecule has 22 heavy (non-hydrogen) atoms. The van der Waals surface area contributed by atoms with Crippen LogP contribution in [0.1, 0.15) is 11.3 Å². The van der Waals surface area contributed by atoms with E-state index in [1.165, 1.54) is 7.11 Å². The van der Waals surface area contributed by atoms with Gasteiger partial charge in [-0.1, -0.05) is 42.5 Å². The van der Waals surface area contributed by atoms with E-state index in [2.05, 4.69) is 15.9 Å². The molecule has 0 saturated heterocycles. The van der Waals surface area contributed by atoms with Crippen LogP contribution >= 0.6 is 15.9 Å². The van der Waals surface area contributed by atoms with Crippen molar-refractivity contribution in [1.82, 2.24) is 0 Å². The van der Waals surface area contributed by atoms with Crippen molar-refractivity contribution in [2.24, 2.45) is 0 Å². The fourth-order valence-electron chi connectivity index (χ4n) is 2.22. The second-order valence-electron chi connectivity index (χ2n) is 4.69. The number of hydrogen-bond donors (Lipinski definition) is 0. The van der Waals surface area contributed by atoms with Crippen molar-refractivity contribution in [2.45, 2.75) is 0 Å². The lowest BCUT2D eigenvalue weighted by Gasteiger charge is -2.06. The minimum Gasteiger partial charge on any atom is -0.496 e. The molecule has 0 unspecified atom stereocenters. The van der Waals surface area contributed by atoms with Crippen molar-refractivity contribution in [1.29, 1.82) is 0 Å². The van der Waals surface area contributed by atoms with Gasteiger partial charge < -0.3 is 9.15 Å². The Morgan fingerprint density at radius 3 is 2.55 bits per heavy atom. The lowest BCUT2D eigenvalue weighted by molar-refractivity contribution is 0.418. The molecule has 4 heteroatoms. The average Bonchev–Trinajstić information content (AvgIpc) is 2.57. The van der Waals surface area contributed by atoms with Gasteiger partial charge in [0.15, 0.2) is 0 Å². The molecule has 0 atom stereocenters. The molecule has 0 N–H and O–H groups in total.